The highest BCUT2D eigenvalue weighted by Crippen LogP contribution is 2.30. The number of oxazole rings is 1. The molecule has 0 bridgehead atoms. The summed E-state index contributed by atoms with van der Waals surface area (Å²) in [5, 5.41) is 0.0816. The number of thioether (sulfide) groups is 1. The lowest BCUT2D eigenvalue weighted by molar-refractivity contribution is -0.117. The highest BCUT2D eigenvalue weighted by molar-refractivity contribution is 8.14. The van der Waals surface area contributed by atoms with Gasteiger partial charge >= 0.3 is 0 Å². The van der Waals surface area contributed by atoms with Crippen molar-refractivity contribution in [3.8, 4) is 0 Å². The van der Waals surface area contributed by atoms with E-state index in [0.717, 1.165) is 11.2 Å². The fraction of sp³-hybridized carbons (Fsp3) is 0.357. The summed E-state index contributed by atoms with van der Waals surface area (Å²) in [5.41, 5.74) is 2.26. The molecule has 1 fully saturated rings. The zero-order valence-electron chi connectivity index (χ0n) is 11.3. The van der Waals surface area contributed by atoms with Gasteiger partial charge in [0.05, 0.1) is 0 Å². The van der Waals surface area contributed by atoms with Crippen LogP contribution in [0.1, 0.15) is 19.2 Å². The van der Waals surface area contributed by atoms with Crippen molar-refractivity contribution < 1.29 is 14.0 Å². The number of benzene rings is 1. The average Bonchev–Trinajstić information content (AvgIpc) is 2.89. The Morgan fingerprint density at radius 3 is 3.05 bits per heavy atom. The highest BCUT2D eigenvalue weighted by atomic mass is 32.2. The van der Waals surface area contributed by atoms with Gasteiger partial charge in [-0.15, -0.1) is 0 Å². The fourth-order valence-electron chi connectivity index (χ4n) is 2.43. The van der Waals surface area contributed by atoms with Crippen molar-refractivity contribution in [3.63, 3.8) is 0 Å². The quantitative estimate of drug-likeness (QED) is 0.850. The molecule has 20 heavy (non-hydrogen) atoms. The van der Waals surface area contributed by atoms with Gasteiger partial charge in [-0.1, -0.05) is 11.8 Å². The lowest BCUT2D eigenvalue weighted by Gasteiger charge is -2.16. The molecule has 1 unspecified atom stereocenters. The number of rotatable bonds is 2. The number of aromatic nitrogens is 1. The Morgan fingerprint density at radius 2 is 2.30 bits per heavy atom. The van der Waals surface area contributed by atoms with E-state index in [4.69, 9.17) is 4.42 Å². The third kappa shape index (κ3) is 2.43. The van der Waals surface area contributed by atoms with E-state index < -0.39 is 0 Å². The molecule has 0 spiro atoms. The number of fused-ring (bicyclic) bond motifs is 1. The highest BCUT2D eigenvalue weighted by Gasteiger charge is 2.32. The van der Waals surface area contributed by atoms with Crippen LogP contribution in [0.25, 0.3) is 11.1 Å². The van der Waals surface area contributed by atoms with Gasteiger partial charge in [0, 0.05) is 43.8 Å². The zero-order chi connectivity index (χ0) is 14.3. The molecule has 1 aromatic carbocycles. The van der Waals surface area contributed by atoms with E-state index in [1.807, 2.05) is 18.2 Å². The molecule has 6 heteroatoms. The van der Waals surface area contributed by atoms with Crippen molar-refractivity contribution in [3.05, 3.63) is 24.1 Å². The summed E-state index contributed by atoms with van der Waals surface area (Å²) in [5.74, 6) is 0.647. The van der Waals surface area contributed by atoms with Crippen LogP contribution in [0.4, 0.5) is 5.69 Å². The number of anilines is 1. The molecule has 1 aliphatic rings. The number of hydrogen-bond acceptors (Lipinski definition) is 5. The van der Waals surface area contributed by atoms with Gasteiger partial charge in [-0.3, -0.25) is 9.59 Å². The summed E-state index contributed by atoms with van der Waals surface area (Å²) in [7, 11) is 0. The molecule has 1 aliphatic heterocycles. The largest absolute Gasteiger partial charge is 0.441 e. The van der Waals surface area contributed by atoms with Crippen LogP contribution in [-0.4, -0.2) is 27.8 Å². The van der Waals surface area contributed by atoms with Gasteiger partial charge in [0.2, 0.25) is 5.91 Å². The minimum absolute atomic E-state index is 0.0344. The number of aryl methyl sites for hydroxylation is 1. The smallest absolute Gasteiger partial charge is 0.228 e. The van der Waals surface area contributed by atoms with E-state index in [1.54, 1.807) is 11.8 Å². The third-order valence-corrected chi connectivity index (χ3v) is 4.19. The topological polar surface area (TPSA) is 63.4 Å². The van der Waals surface area contributed by atoms with Crippen LogP contribution in [0, 0.1) is 6.92 Å². The van der Waals surface area contributed by atoms with Crippen LogP contribution in [0.15, 0.2) is 22.6 Å². The lowest BCUT2D eigenvalue weighted by Crippen LogP contribution is -2.24. The van der Waals surface area contributed by atoms with Crippen LogP contribution in [0.3, 0.4) is 0 Å². The Hall–Kier alpha value is -1.82. The van der Waals surface area contributed by atoms with Crippen LogP contribution >= 0.6 is 11.8 Å². The molecular formula is C14H14N2O3S. The van der Waals surface area contributed by atoms with E-state index in [9.17, 15) is 9.59 Å². The Balaban J connectivity index is 1.87. The summed E-state index contributed by atoms with van der Waals surface area (Å²) in [6.45, 7) is 3.88. The Kier molecular flexibility index (Phi) is 3.25. The van der Waals surface area contributed by atoms with Crippen molar-refractivity contribution >= 4 is 39.6 Å². The van der Waals surface area contributed by atoms with Crippen molar-refractivity contribution in [2.75, 3.05) is 11.4 Å². The first-order chi connectivity index (χ1) is 9.52. The number of amides is 1. The Bertz CT molecular complexity index is 695. The second-order valence-corrected chi connectivity index (χ2v) is 6.30. The van der Waals surface area contributed by atoms with Gasteiger partial charge in [0.1, 0.15) is 5.52 Å². The molecule has 2 aromatic rings. The molecule has 3 rings (SSSR count). The third-order valence-electron chi connectivity index (χ3n) is 3.21. The van der Waals surface area contributed by atoms with Crippen molar-refractivity contribution in [1.29, 1.82) is 0 Å². The monoisotopic (exact) mass is 290 g/mol. The van der Waals surface area contributed by atoms with Gasteiger partial charge in [-0.25, -0.2) is 4.98 Å². The van der Waals surface area contributed by atoms with Crippen LogP contribution < -0.4 is 4.90 Å². The van der Waals surface area contributed by atoms with E-state index in [-0.39, 0.29) is 16.3 Å². The predicted octanol–water partition coefficient (Wildman–Crippen LogP) is 2.52. The second-order valence-electron chi connectivity index (χ2n) is 4.82. The molecule has 0 radical (unpaired) electrons. The van der Waals surface area contributed by atoms with Gasteiger partial charge in [0.15, 0.2) is 16.6 Å². The number of carbonyl (C=O) groups is 2. The van der Waals surface area contributed by atoms with Crippen LogP contribution in [0.5, 0.6) is 0 Å². The molecule has 1 amide bonds. The summed E-state index contributed by atoms with van der Waals surface area (Å²) in [6.07, 6.45) is 0.401. The standard InChI is InChI=1S/C14H14N2O3S/c1-8-15-12-4-3-10(5-13(12)19-8)16-7-11(6-14(16)18)20-9(2)17/h3-5,11H,6-7H2,1-2H3. The lowest BCUT2D eigenvalue weighted by atomic mass is 10.2. The Labute approximate surface area is 120 Å². The predicted molar refractivity (Wildman–Crippen MR) is 77.8 cm³/mol. The summed E-state index contributed by atoms with van der Waals surface area (Å²) >= 11 is 1.23. The molecule has 0 saturated carbocycles. The minimum Gasteiger partial charge on any atom is -0.441 e. The molecule has 1 aromatic heterocycles. The number of hydrogen-bond donors (Lipinski definition) is 0. The fourth-order valence-corrected chi connectivity index (χ4v) is 3.35. The van der Waals surface area contributed by atoms with Gasteiger partial charge < -0.3 is 9.32 Å². The molecule has 104 valence electrons. The molecule has 1 saturated heterocycles. The average molecular weight is 290 g/mol. The first kappa shape index (κ1) is 13.2. The summed E-state index contributed by atoms with van der Waals surface area (Å²) in [4.78, 5) is 29.1. The molecule has 1 atom stereocenters. The van der Waals surface area contributed by atoms with E-state index >= 15 is 0 Å². The molecule has 0 N–H and O–H groups in total. The Morgan fingerprint density at radius 1 is 1.50 bits per heavy atom. The first-order valence-electron chi connectivity index (χ1n) is 6.38. The molecule has 2 heterocycles. The summed E-state index contributed by atoms with van der Waals surface area (Å²) in [6, 6.07) is 5.54. The normalized spacial score (nSPS) is 19.0. The maximum atomic E-state index is 12.1. The molecule has 5 nitrogen and oxygen atoms in total. The van der Waals surface area contributed by atoms with Crippen molar-refractivity contribution in [1.82, 2.24) is 4.98 Å². The van der Waals surface area contributed by atoms with E-state index in [1.165, 1.54) is 18.7 Å². The van der Waals surface area contributed by atoms with Gasteiger partial charge in [0.25, 0.3) is 0 Å². The van der Waals surface area contributed by atoms with E-state index in [0.29, 0.717) is 24.4 Å². The molecule has 0 aliphatic carbocycles. The van der Waals surface area contributed by atoms with Crippen LogP contribution in [0.2, 0.25) is 0 Å². The number of nitrogens with zero attached hydrogens (tertiary/aromatic N) is 2. The van der Waals surface area contributed by atoms with Gasteiger partial charge in [-0.05, 0) is 12.1 Å². The van der Waals surface area contributed by atoms with Crippen molar-refractivity contribution in [2.45, 2.75) is 25.5 Å². The van der Waals surface area contributed by atoms with E-state index in [2.05, 4.69) is 4.98 Å². The molecular weight excluding hydrogens is 276 g/mol. The summed E-state index contributed by atoms with van der Waals surface area (Å²) < 4.78 is 5.49. The first-order valence-corrected chi connectivity index (χ1v) is 7.25. The maximum absolute atomic E-state index is 12.1. The minimum atomic E-state index is 0.0344. The maximum Gasteiger partial charge on any atom is 0.228 e. The van der Waals surface area contributed by atoms with Crippen LogP contribution in [-0.2, 0) is 9.59 Å². The number of carbonyl (C=O) groups excluding carboxylic acids is 2. The van der Waals surface area contributed by atoms with Crippen molar-refractivity contribution in [2.24, 2.45) is 0 Å². The SMILES string of the molecule is CC(=O)SC1CC(=O)N(c2ccc3nc(C)oc3c2)C1. The zero-order valence-corrected chi connectivity index (χ0v) is 12.1. The second kappa shape index (κ2) is 4.94. The van der Waals surface area contributed by atoms with Gasteiger partial charge in [-0.2, -0.15) is 0 Å².